The Kier molecular flexibility index (Phi) is 11.6. The zero-order valence-corrected chi connectivity index (χ0v) is 16.3. The number of hydrogen-bond acceptors (Lipinski definition) is 5. The summed E-state index contributed by atoms with van der Waals surface area (Å²) in [6, 6.07) is 5.82. The summed E-state index contributed by atoms with van der Waals surface area (Å²) >= 11 is 0. The number of nitrogens with two attached hydrogens (primary N) is 1. The molecule has 0 aliphatic heterocycles. The Morgan fingerprint density at radius 1 is 1.36 bits per heavy atom. The highest BCUT2D eigenvalue weighted by Gasteiger charge is 2.17. The fourth-order valence-corrected chi connectivity index (χ4v) is 3.19. The van der Waals surface area contributed by atoms with E-state index in [9.17, 15) is 13.2 Å². The lowest BCUT2D eigenvalue weighted by Crippen LogP contribution is -2.40. The summed E-state index contributed by atoms with van der Waals surface area (Å²) in [5, 5.41) is 2.85. The van der Waals surface area contributed by atoms with Crippen molar-refractivity contribution in [2.75, 3.05) is 26.8 Å². The van der Waals surface area contributed by atoms with Crippen molar-refractivity contribution in [3.05, 3.63) is 29.8 Å². The number of amides is 1. The van der Waals surface area contributed by atoms with E-state index in [2.05, 4.69) is 17.0 Å². The van der Waals surface area contributed by atoms with E-state index in [1.54, 1.807) is 12.1 Å². The molecule has 1 unspecified atom stereocenters. The van der Waals surface area contributed by atoms with Crippen molar-refractivity contribution in [2.45, 2.75) is 37.1 Å². The Balaban J connectivity index is 0.00000576. The predicted octanol–water partition coefficient (Wildman–Crippen LogP) is 1.28. The third kappa shape index (κ3) is 8.15. The number of halogens is 1. The molecule has 25 heavy (non-hydrogen) atoms. The second-order valence-corrected chi connectivity index (χ2v) is 7.23. The minimum Gasteiger partial charge on any atom is -0.383 e. The first kappa shape index (κ1) is 23.8. The van der Waals surface area contributed by atoms with Gasteiger partial charge in [0, 0.05) is 31.8 Å². The Hall–Kier alpha value is -1.19. The molecule has 0 saturated heterocycles. The molecular weight excluding hydrogens is 366 g/mol. The van der Waals surface area contributed by atoms with Gasteiger partial charge in [-0.05, 0) is 24.6 Å². The fourth-order valence-electron chi connectivity index (χ4n) is 2.13. The maximum Gasteiger partial charge on any atom is 0.251 e. The monoisotopic (exact) mass is 393 g/mol. The van der Waals surface area contributed by atoms with Crippen molar-refractivity contribution >= 4 is 28.3 Å². The molecule has 0 heterocycles. The molecular formula is C16H28ClN3O4S. The molecule has 0 aliphatic rings. The standard InChI is InChI=1S/C16H27N3O4S.ClH/c1-3-4-7-14(12-17)19-16(20)13-6-5-8-15(11-13)24(21,22)18-9-10-23-2;/h5-6,8,11,14,18H,3-4,7,9-10,12,17H2,1-2H3,(H,19,20);1H. The number of nitrogens with one attached hydrogen (secondary N) is 2. The number of carbonyl (C=O) groups is 1. The van der Waals surface area contributed by atoms with Crippen LogP contribution in [0.5, 0.6) is 0 Å². The van der Waals surface area contributed by atoms with Crippen molar-refractivity contribution in [3.8, 4) is 0 Å². The largest absolute Gasteiger partial charge is 0.383 e. The van der Waals surface area contributed by atoms with Gasteiger partial charge in [-0.25, -0.2) is 13.1 Å². The number of carbonyl (C=O) groups excluding carboxylic acids is 1. The van der Waals surface area contributed by atoms with Crippen LogP contribution in [-0.2, 0) is 14.8 Å². The van der Waals surface area contributed by atoms with Crippen molar-refractivity contribution in [1.82, 2.24) is 10.0 Å². The van der Waals surface area contributed by atoms with Gasteiger partial charge in [-0.3, -0.25) is 4.79 Å². The SMILES string of the molecule is CCCCC(CN)NC(=O)c1cccc(S(=O)(=O)NCCOC)c1.Cl. The lowest BCUT2D eigenvalue weighted by Gasteiger charge is -2.16. The van der Waals surface area contributed by atoms with Gasteiger partial charge < -0.3 is 15.8 Å². The van der Waals surface area contributed by atoms with E-state index < -0.39 is 10.0 Å². The molecule has 0 spiro atoms. The highest BCUT2D eigenvalue weighted by molar-refractivity contribution is 7.89. The highest BCUT2D eigenvalue weighted by atomic mass is 35.5. The van der Waals surface area contributed by atoms with E-state index in [1.165, 1.54) is 19.2 Å². The summed E-state index contributed by atoms with van der Waals surface area (Å²) in [6.07, 6.45) is 2.79. The molecule has 0 saturated carbocycles. The zero-order chi connectivity index (χ0) is 18.0. The second kappa shape index (κ2) is 12.2. The minimum absolute atomic E-state index is 0. The predicted molar refractivity (Wildman–Crippen MR) is 101 cm³/mol. The van der Waals surface area contributed by atoms with Crippen LogP contribution in [0.1, 0.15) is 36.5 Å². The molecule has 0 aromatic heterocycles. The molecule has 7 nitrogen and oxygen atoms in total. The van der Waals surface area contributed by atoms with Gasteiger partial charge in [0.05, 0.1) is 11.5 Å². The number of hydrogen-bond donors (Lipinski definition) is 3. The normalized spacial score (nSPS) is 12.3. The second-order valence-electron chi connectivity index (χ2n) is 5.47. The molecule has 1 atom stereocenters. The third-order valence-electron chi connectivity index (χ3n) is 3.53. The van der Waals surface area contributed by atoms with Crippen LogP contribution in [-0.4, -0.2) is 47.2 Å². The van der Waals surface area contributed by atoms with E-state index in [0.29, 0.717) is 12.1 Å². The lowest BCUT2D eigenvalue weighted by molar-refractivity contribution is 0.0935. The van der Waals surface area contributed by atoms with Gasteiger partial charge >= 0.3 is 0 Å². The molecule has 1 amide bonds. The number of sulfonamides is 1. The summed E-state index contributed by atoms with van der Waals surface area (Å²) in [5.74, 6) is -0.324. The average Bonchev–Trinajstić information content (AvgIpc) is 2.58. The number of rotatable bonds is 11. The van der Waals surface area contributed by atoms with Gasteiger partial charge in [0.1, 0.15) is 0 Å². The van der Waals surface area contributed by atoms with Crippen molar-refractivity contribution < 1.29 is 17.9 Å². The van der Waals surface area contributed by atoms with Gasteiger partial charge in [-0.15, -0.1) is 12.4 Å². The summed E-state index contributed by atoms with van der Waals surface area (Å²) in [5.41, 5.74) is 5.97. The maximum absolute atomic E-state index is 12.3. The Bertz CT molecular complexity index is 626. The molecule has 144 valence electrons. The van der Waals surface area contributed by atoms with E-state index in [4.69, 9.17) is 10.5 Å². The maximum atomic E-state index is 12.3. The zero-order valence-electron chi connectivity index (χ0n) is 14.7. The highest BCUT2D eigenvalue weighted by Crippen LogP contribution is 2.12. The molecule has 9 heteroatoms. The van der Waals surface area contributed by atoms with Crippen LogP contribution < -0.4 is 15.8 Å². The van der Waals surface area contributed by atoms with Gasteiger partial charge in [-0.2, -0.15) is 0 Å². The van der Waals surface area contributed by atoms with Gasteiger partial charge in [0.15, 0.2) is 0 Å². The molecule has 0 radical (unpaired) electrons. The van der Waals surface area contributed by atoms with Crippen molar-refractivity contribution in [3.63, 3.8) is 0 Å². The summed E-state index contributed by atoms with van der Waals surface area (Å²) in [7, 11) is -2.18. The number of ether oxygens (including phenoxy) is 1. The fraction of sp³-hybridized carbons (Fsp3) is 0.562. The first-order valence-corrected chi connectivity index (χ1v) is 9.52. The third-order valence-corrected chi connectivity index (χ3v) is 4.99. The molecule has 0 bridgehead atoms. The smallest absolute Gasteiger partial charge is 0.251 e. The van der Waals surface area contributed by atoms with Gasteiger partial charge in [-0.1, -0.05) is 25.8 Å². The molecule has 1 aromatic rings. The summed E-state index contributed by atoms with van der Waals surface area (Å²) < 4.78 is 31.6. The first-order valence-electron chi connectivity index (χ1n) is 8.04. The van der Waals surface area contributed by atoms with Crippen LogP contribution in [0.2, 0.25) is 0 Å². The van der Waals surface area contributed by atoms with E-state index in [0.717, 1.165) is 19.3 Å². The van der Waals surface area contributed by atoms with E-state index >= 15 is 0 Å². The van der Waals surface area contributed by atoms with Crippen LogP contribution in [0.4, 0.5) is 0 Å². The summed E-state index contributed by atoms with van der Waals surface area (Å²) in [4.78, 5) is 12.4. The molecule has 0 aliphatic carbocycles. The topological polar surface area (TPSA) is 111 Å². The summed E-state index contributed by atoms with van der Waals surface area (Å²) in [6.45, 7) is 2.86. The van der Waals surface area contributed by atoms with E-state index in [-0.39, 0.29) is 42.4 Å². The van der Waals surface area contributed by atoms with Gasteiger partial charge in [0.2, 0.25) is 10.0 Å². The molecule has 1 aromatic carbocycles. The molecule has 4 N–H and O–H groups in total. The number of methoxy groups -OCH3 is 1. The first-order chi connectivity index (χ1) is 11.4. The Morgan fingerprint density at radius 3 is 2.68 bits per heavy atom. The average molecular weight is 394 g/mol. The minimum atomic E-state index is -3.67. The van der Waals surface area contributed by atoms with Crippen molar-refractivity contribution in [1.29, 1.82) is 0 Å². The lowest BCUT2D eigenvalue weighted by atomic mass is 10.1. The van der Waals surface area contributed by atoms with Crippen LogP contribution in [0.25, 0.3) is 0 Å². The quantitative estimate of drug-likeness (QED) is 0.490. The Morgan fingerprint density at radius 2 is 2.08 bits per heavy atom. The molecule has 1 rings (SSSR count). The number of unbranched alkanes of at least 4 members (excludes halogenated alkanes) is 1. The van der Waals surface area contributed by atoms with Crippen molar-refractivity contribution in [2.24, 2.45) is 5.73 Å². The van der Waals surface area contributed by atoms with Crippen LogP contribution in [0.15, 0.2) is 29.2 Å². The Labute approximate surface area is 156 Å². The van der Waals surface area contributed by atoms with Crippen LogP contribution in [0, 0.1) is 0 Å². The molecule has 0 fully saturated rings. The number of benzene rings is 1. The van der Waals surface area contributed by atoms with Crippen LogP contribution >= 0.6 is 12.4 Å². The van der Waals surface area contributed by atoms with E-state index in [1.807, 2.05) is 0 Å². The van der Waals surface area contributed by atoms with Gasteiger partial charge in [0.25, 0.3) is 5.91 Å². The van der Waals surface area contributed by atoms with Crippen LogP contribution in [0.3, 0.4) is 0 Å².